The molecule has 1 fully saturated rings. The molecule has 0 atom stereocenters. The van der Waals surface area contributed by atoms with Crippen LogP contribution in [-0.2, 0) is 43.6 Å². The number of carbonyl (C=O) groups excluding carboxylic acids is 1. The molecule has 2 aliphatic rings. The van der Waals surface area contributed by atoms with E-state index < -0.39 is 69.8 Å². The lowest BCUT2D eigenvalue weighted by molar-refractivity contribution is -0.140. The molecular formula is C25H28F4N2O6S2. The number of rotatable bonds is 3. The first-order valence-corrected chi connectivity index (χ1v) is 15.1. The van der Waals surface area contributed by atoms with Gasteiger partial charge in [0.05, 0.1) is 20.2 Å². The summed E-state index contributed by atoms with van der Waals surface area (Å²) in [5.41, 5.74) is -2.21. The SMILES string of the molecule is CC(C)(C)OC(=O)N1CCC(NS(=O)(=O)c2cc3c(cc2C(F)(F)F)CCc2ccc(F)cc2S3(=O)=O)CC1. The number of halogens is 4. The van der Waals surface area contributed by atoms with E-state index >= 15 is 0 Å². The summed E-state index contributed by atoms with van der Waals surface area (Å²) in [4.78, 5) is 11.4. The van der Waals surface area contributed by atoms with E-state index in [0.29, 0.717) is 12.1 Å². The number of benzene rings is 2. The van der Waals surface area contributed by atoms with Gasteiger partial charge in [0.2, 0.25) is 19.9 Å². The van der Waals surface area contributed by atoms with E-state index in [4.69, 9.17) is 4.74 Å². The summed E-state index contributed by atoms with van der Waals surface area (Å²) in [7, 11) is -9.39. The number of hydrogen-bond acceptors (Lipinski definition) is 6. The number of piperidine rings is 1. The quantitative estimate of drug-likeness (QED) is 0.528. The van der Waals surface area contributed by atoms with E-state index in [1.165, 1.54) is 11.0 Å². The largest absolute Gasteiger partial charge is 0.444 e. The number of amides is 1. The third-order valence-corrected chi connectivity index (χ3v) is 9.98. The highest BCUT2D eigenvalue weighted by atomic mass is 32.2. The Morgan fingerprint density at radius 2 is 1.59 bits per heavy atom. The Balaban J connectivity index is 1.68. The number of sulfone groups is 1. The Kier molecular flexibility index (Phi) is 7.54. The first kappa shape index (κ1) is 29.3. The number of alkyl halides is 3. The fourth-order valence-electron chi connectivity index (χ4n) is 4.66. The molecule has 39 heavy (non-hydrogen) atoms. The molecule has 8 nitrogen and oxygen atoms in total. The maximum Gasteiger partial charge on any atom is 0.417 e. The predicted molar refractivity (Wildman–Crippen MR) is 132 cm³/mol. The van der Waals surface area contributed by atoms with E-state index in [1.807, 2.05) is 0 Å². The molecular weight excluding hydrogens is 564 g/mol. The molecule has 1 amide bonds. The number of sulfonamides is 1. The second-order valence-electron chi connectivity index (χ2n) is 10.6. The van der Waals surface area contributed by atoms with E-state index in [9.17, 15) is 39.2 Å². The molecule has 0 saturated carbocycles. The summed E-state index contributed by atoms with van der Waals surface area (Å²) in [5, 5.41) is 0. The Hall–Kier alpha value is -2.71. The lowest BCUT2D eigenvalue weighted by Gasteiger charge is -2.33. The first-order chi connectivity index (χ1) is 17.9. The van der Waals surface area contributed by atoms with Gasteiger partial charge in [-0.15, -0.1) is 0 Å². The van der Waals surface area contributed by atoms with Crippen LogP contribution in [0, 0.1) is 5.82 Å². The molecule has 0 radical (unpaired) electrons. The minimum Gasteiger partial charge on any atom is -0.444 e. The van der Waals surface area contributed by atoms with Gasteiger partial charge in [0.25, 0.3) is 0 Å². The molecule has 0 unspecified atom stereocenters. The smallest absolute Gasteiger partial charge is 0.417 e. The average Bonchev–Trinajstić information content (AvgIpc) is 2.91. The molecule has 4 rings (SSSR count). The first-order valence-electron chi connectivity index (χ1n) is 12.2. The third kappa shape index (κ3) is 6.22. The number of likely N-dealkylation sites (tertiary alicyclic amines) is 1. The standard InChI is InChI=1S/C25H28F4N2O6S2/c1-24(2,3)37-23(32)31-10-8-18(9-11-31)30-39(35,36)22-14-21-16(12-19(22)25(27,28)29)5-4-15-6-7-17(26)13-20(15)38(21,33)34/h6-7,12-14,18,30H,4-5,8-11H2,1-3H3. The van der Waals surface area contributed by atoms with Gasteiger partial charge in [-0.05, 0) is 81.8 Å². The van der Waals surface area contributed by atoms with Crippen LogP contribution in [0.1, 0.15) is 50.3 Å². The van der Waals surface area contributed by atoms with Crippen LogP contribution >= 0.6 is 0 Å². The van der Waals surface area contributed by atoms with Crippen molar-refractivity contribution >= 4 is 26.0 Å². The van der Waals surface area contributed by atoms with Crippen molar-refractivity contribution < 1.29 is 43.9 Å². The van der Waals surface area contributed by atoms with Crippen molar-refractivity contribution in [3.63, 3.8) is 0 Å². The zero-order chi connectivity index (χ0) is 29.0. The van der Waals surface area contributed by atoms with Gasteiger partial charge in [0.15, 0.2) is 0 Å². The minimum atomic E-state index is -5.10. The van der Waals surface area contributed by atoms with Gasteiger partial charge in [-0.25, -0.2) is 30.7 Å². The zero-order valence-electron chi connectivity index (χ0n) is 21.4. The molecule has 2 aromatic rings. The number of aryl methyl sites for hydroxylation is 2. The molecule has 214 valence electrons. The van der Waals surface area contributed by atoms with E-state index in [1.54, 1.807) is 20.8 Å². The molecule has 14 heteroatoms. The molecule has 0 aromatic heterocycles. The summed E-state index contributed by atoms with van der Waals surface area (Å²) in [6, 6.07) is 3.35. The molecule has 1 N–H and O–H groups in total. The van der Waals surface area contributed by atoms with Crippen LogP contribution in [0.4, 0.5) is 22.4 Å². The lowest BCUT2D eigenvalue weighted by atomic mass is 10.0. The van der Waals surface area contributed by atoms with Gasteiger partial charge in [0, 0.05) is 19.1 Å². The van der Waals surface area contributed by atoms with Crippen molar-refractivity contribution in [3.05, 3.63) is 52.8 Å². The second-order valence-corrected chi connectivity index (χ2v) is 14.1. The highest BCUT2D eigenvalue weighted by Gasteiger charge is 2.41. The van der Waals surface area contributed by atoms with Gasteiger partial charge in [-0.2, -0.15) is 13.2 Å². The lowest BCUT2D eigenvalue weighted by Crippen LogP contribution is -2.47. The summed E-state index contributed by atoms with van der Waals surface area (Å²) in [6.07, 6.45) is -5.57. The Bertz CT molecular complexity index is 1510. The van der Waals surface area contributed by atoms with Crippen molar-refractivity contribution in [2.75, 3.05) is 13.1 Å². The number of nitrogens with zero attached hydrogens (tertiary/aromatic N) is 1. The number of fused-ring (bicyclic) bond motifs is 2. The van der Waals surface area contributed by atoms with E-state index in [0.717, 1.165) is 12.1 Å². The second kappa shape index (κ2) is 10.0. The van der Waals surface area contributed by atoms with Crippen molar-refractivity contribution in [2.45, 2.75) is 79.0 Å². The molecule has 0 aliphatic carbocycles. The minimum absolute atomic E-state index is 0.0275. The number of carbonyl (C=O) groups is 1. The molecule has 2 aromatic carbocycles. The van der Waals surface area contributed by atoms with Crippen LogP contribution in [0.15, 0.2) is 45.0 Å². The van der Waals surface area contributed by atoms with Crippen molar-refractivity contribution in [3.8, 4) is 0 Å². The fraction of sp³-hybridized carbons (Fsp3) is 0.480. The average molecular weight is 593 g/mol. The van der Waals surface area contributed by atoms with Gasteiger partial charge >= 0.3 is 12.3 Å². The predicted octanol–water partition coefficient (Wildman–Crippen LogP) is 4.45. The number of ether oxygens (including phenoxy) is 1. The molecule has 2 heterocycles. The zero-order valence-corrected chi connectivity index (χ0v) is 23.1. The van der Waals surface area contributed by atoms with Crippen molar-refractivity contribution in [1.82, 2.24) is 9.62 Å². The molecule has 2 aliphatic heterocycles. The van der Waals surface area contributed by atoms with E-state index in [2.05, 4.69) is 4.72 Å². The normalized spacial score (nSPS) is 18.2. The van der Waals surface area contributed by atoms with Crippen LogP contribution in [0.25, 0.3) is 0 Å². The summed E-state index contributed by atoms with van der Waals surface area (Å²) >= 11 is 0. The van der Waals surface area contributed by atoms with Gasteiger partial charge < -0.3 is 9.64 Å². The van der Waals surface area contributed by atoms with Crippen molar-refractivity contribution in [2.24, 2.45) is 0 Å². The Labute approximate surface area is 224 Å². The monoisotopic (exact) mass is 592 g/mol. The fourth-order valence-corrected chi connectivity index (χ4v) is 8.07. The molecule has 0 spiro atoms. The van der Waals surface area contributed by atoms with Crippen LogP contribution in [0.3, 0.4) is 0 Å². The maximum absolute atomic E-state index is 14.1. The summed E-state index contributed by atoms with van der Waals surface area (Å²) in [6.45, 7) is 5.30. The topological polar surface area (TPSA) is 110 Å². The van der Waals surface area contributed by atoms with Gasteiger partial charge in [0.1, 0.15) is 11.4 Å². The number of hydrogen-bond donors (Lipinski definition) is 1. The Morgan fingerprint density at radius 1 is 1.00 bits per heavy atom. The Morgan fingerprint density at radius 3 is 2.18 bits per heavy atom. The van der Waals surface area contributed by atoms with Crippen molar-refractivity contribution in [1.29, 1.82) is 0 Å². The van der Waals surface area contributed by atoms with E-state index in [-0.39, 0.29) is 49.9 Å². The van der Waals surface area contributed by atoms with Crippen LogP contribution in [-0.4, -0.2) is 52.6 Å². The van der Waals surface area contributed by atoms with Crippen LogP contribution in [0.2, 0.25) is 0 Å². The van der Waals surface area contributed by atoms with Crippen LogP contribution in [0.5, 0.6) is 0 Å². The number of nitrogens with one attached hydrogen (secondary N) is 1. The van der Waals surface area contributed by atoms with Crippen LogP contribution < -0.4 is 4.72 Å². The maximum atomic E-state index is 14.1. The summed E-state index contributed by atoms with van der Waals surface area (Å²) < 4.78 is 117. The van der Waals surface area contributed by atoms with Gasteiger partial charge in [-0.3, -0.25) is 0 Å². The third-order valence-electron chi connectivity index (χ3n) is 6.50. The van der Waals surface area contributed by atoms with Gasteiger partial charge in [-0.1, -0.05) is 6.07 Å². The summed E-state index contributed by atoms with van der Waals surface area (Å²) in [5.74, 6) is -0.847. The highest BCUT2D eigenvalue weighted by Crippen LogP contribution is 2.40. The highest BCUT2D eigenvalue weighted by molar-refractivity contribution is 7.92. The molecule has 0 bridgehead atoms. The molecule has 1 saturated heterocycles.